The molecule has 3 N–H and O–H groups in total. The highest BCUT2D eigenvalue weighted by atomic mass is 33.1. The zero-order valence-electron chi connectivity index (χ0n) is 58.0. The number of sulfone groups is 1. The summed E-state index contributed by atoms with van der Waals surface area (Å²) in [6.07, 6.45) is 26.5. The topological polar surface area (TPSA) is 347 Å². The van der Waals surface area contributed by atoms with Crippen LogP contribution in [0.1, 0.15) is 130 Å². The van der Waals surface area contributed by atoms with Gasteiger partial charge >= 0.3 is 18.2 Å². The molecule has 2 fully saturated rings. The van der Waals surface area contributed by atoms with Crippen molar-refractivity contribution in [3.05, 3.63) is 35.4 Å². The molecule has 1 saturated heterocycles. The van der Waals surface area contributed by atoms with Crippen LogP contribution in [0.2, 0.25) is 0 Å². The predicted octanol–water partition coefficient (Wildman–Crippen LogP) is 7.73. The highest BCUT2D eigenvalue weighted by Crippen LogP contribution is 2.41. The number of methoxy groups -OCH3 is 5. The number of imide groups is 1. The quantitative estimate of drug-likeness (QED) is 0.0299. The maximum Gasteiger partial charge on any atom is 0.507 e. The molecule has 5 amide bonds. The second-order valence-electron chi connectivity index (χ2n) is 18.8. The number of hydrazone groups is 1. The molecule has 522 valence electrons. The lowest BCUT2D eigenvalue weighted by atomic mass is 9.75. The molecule has 3 aliphatic carbocycles. The number of nitrogens with one attached hydrogen (secondary N) is 3. The van der Waals surface area contributed by atoms with Crippen molar-refractivity contribution in [3.63, 3.8) is 0 Å². The number of amides is 5. The van der Waals surface area contributed by atoms with E-state index in [2.05, 4.69) is 73.2 Å². The number of allylic oxidation sites excluding steroid dienone is 1. The van der Waals surface area contributed by atoms with Gasteiger partial charge in [-0.2, -0.15) is 28.6 Å². The molecule has 5 atom stereocenters. The summed E-state index contributed by atoms with van der Waals surface area (Å²) in [6, 6.07) is 0. The summed E-state index contributed by atoms with van der Waals surface area (Å²) in [4.78, 5) is 96.5. The van der Waals surface area contributed by atoms with Crippen LogP contribution in [0.4, 0.5) is 9.59 Å². The maximum atomic E-state index is 11.9. The Hall–Kier alpha value is -5.57. The first-order chi connectivity index (χ1) is 42.3. The van der Waals surface area contributed by atoms with Gasteiger partial charge in [0.1, 0.15) is 15.6 Å². The zero-order chi connectivity index (χ0) is 71.0. The number of rotatable bonds is 10. The third kappa shape index (κ3) is 49.2. The number of ketones is 2. The average Bonchev–Trinajstić information content (AvgIpc) is 1.59. The fourth-order valence-electron chi connectivity index (χ4n) is 6.93. The second kappa shape index (κ2) is 59.7. The summed E-state index contributed by atoms with van der Waals surface area (Å²) < 4.78 is 46.4. The molecule has 5 unspecified atom stereocenters. The number of hydrogen-bond donors (Lipinski definition) is 3. The molecule has 2 aromatic heterocycles. The first-order valence-corrected chi connectivity index (χ1v) is 36.4. The van der Waals surface area contributed by atoms with Gasteiger partial charge in [0.05, 0.1) is 79.9 Å². The number of hydrogen-bond acceptors (Lipinski definition) is 25. The van der Waals surface area contributed by atoms with Gasteiger partial charge in [0.15, 0.2) is 5.78 Å². The standard InChI is InChI=1S/C11H15NO3.C9H15N3.C7H10O2S.C6H12O2.C4H7N3.C4H8N2O.C4H10O2S2.C3H7NO2.C3H7NO.C3H6O3.C2H6S2.C2H6/c1-11(15-3)6-4-5-7-8(11)10(14)12(2)9(7)13;1-12-9-7-5-3-2-4-6-8(9)10-11-12;1-4-5(8)3-6(10-2)7(4)9;1-3-4-5-6(7)8-2;1-4-3-7(2)6-5-4;1-3-5-6-4(2)7;1-7-3-4-8(2,5)6;1-4-3(5)6-2;1-3(5)4-2;1-5-3(4)6-2;1-3-4-2;1-2/h4,6-8H,5H2,1-3H3;2-7H2,1H3;4,6H,3H2,1-2H3;3-5H2,1-2H3;3H,1-2H3;3H,1-2H3,(H,6,7);3-4H2,1-2H3;1-2H3,(H,4,5);1-2H3,(H,4,5);1-2H3;1-2H3;1-2H3/b;;;;;5-3+;;;;;;. The van der Waals surface area contributed by atoms with Crippen LogP contribution in [-0.2, 0) is 94.0 Å². The first-order valence-electron chi connectivity index (χ1n) is 28.7. The average molecular weight is 1380 g/mol. The molecular weight excluding hydrogens is 1270 g/mol. The Kier molecular flexibility index (Phi) is 63.4. The van der Waals surface area contributed by atoms with Crippen LogP contribution in [0.25, 0.3) is 0 Å². The lowest BCUT2D eigenvalue weighted by Gasteiger charge is -2.35. The van der Waals surface area contributed by atoms with E-state index >= 15 is 0 Å². The van der Waals surface area contributed by atoms with Gasteiger partial charge in [0.25, 0.3) is 0 Å². The van der Waals surface area contributed by atoms with Gasteiger partial charge in [-0.1, -0.05) is 84.2 Å². The van der Waals surface area contributed by atoms with Crippen LogP contribution in [0.15, 0.2) is 23.5 Å². The lowest BCUT2D eigenvalue weighted by Crippen LogP contribution is -2.44. The Morgan fingerprint density at radius 3 is 1.68 bits per heavy atom. The number of likely N-dealkylation sites (tertiary alicyclic amines) is 1. The largest absolute Gasteiger partial charge is 0.507 e. The molecule has 27 nitrogen and oxygen atoms in total. The van der Waals surface area contributed by atoms with Crippen LogP contribution in [0.5, 0.6) is 0 Å². The van der Waals surface area contributed by atoms with Gasteiger partial charge in [-0.25, -0.2) is 23.4 Å². The Labute approximate surface area is 553 Å². The lowest BCUT2D eigenvalue weighted by molar-refractivity contribution is -0.141. The van der Waals surface area contributed by atoms with E-state index < -0.39 is 27.7 Å². The molecule has 6 rings (SSSR count). The Morgan fingerprint density at radius 2 is 1.38 bits per heavy atom. The predicted molar refractivity (Wildman–Crippen MR) is 364 cm³/mol. The summed E-state index contributed by atoms with van der Waals surface area (Å²) in [5.74, 6) is -0.166. The third-order valence-electron chi connectivity index (χ3n) is 12.0. The third-order valence-corrected chi connectivity index (χ3v) is 16.1. The maximum absolute atomic E-state index is 11.9. The van der Waals surface area contributed by atoms with Gasteiger partial charge < -0.3 is 34.3 Å². The van der Waals surface area contributed by atoms with Gasteiger partial charge in [-0.3, -0.25) is 47.8 Å². The molecule has 0 radical (unpaired) electrons. The fourth-order valence-corrected chi connectivity index (χ4v) is 9.57. The van der Waals surface area contributed by atoms with E-state index in [4.69, 9.17) is 4.74 Å². The number of carbonyl (C=O) groups excluding carboxylic acids is 9. The van der Waals surface area contributed by atoms with Crippen molar-refractivity contribution in [2.75, 3.05) is 99.5 Å². The van der Waals surface area contributed by atoms with Crippen molar-refractivity contribution < 1.29 is 75.3 Å². The van der Waals surface area contributed by atoms with E-state index in [1.807, 2.05) is 84.3 Å². The van der Waals surface area contributed by atoms with Crippen molar-refractivity contribution in [1.29, 1.82) is 0 Å². The number of nitrogens with zero attached hydrogens (tertiary/aromatic N) is 8. The number of fused-ring (bicyclic) bond motifs is 2. The minimum absolute atomic E-state index is 0.00463. The van der Waals surface area contributed by atoms with Crippen molar-refractivity contribution in [3.8, 4) is 0 Å². The number of alkyl carbamates (subject to hydrolysis) is 1. The van der Waals surface area contributed by atoms with Crippen molar-refractivity contribution in [2.24, 2.45) is 37.0 Å². The van der Waals surface area contributed by atoms with Gasteiger partial charge in [-0.05, 0) is 91.2 Å². The number of esters is 1. The Morgan fingerprint density at radius 1 is 0.822 bits per heavy atom. The number of carbonyl (C=O) groups is 9. The number of Topliss-reactive ketones (excluding diaryl/α,β-unsaturated/α-hetero) is 2. The number of ether oxygens (including phenoxy) is 5. The molecule has 32 heteroatoms. The molecule has 0 spiro atoms. The SMILES string of the molecule is C/C=N/NC(C)=O.CC.CCCCC(=O)OC.CNC(=O)OC.CNC(C)=O.COC(=O)OC.COC1(C)C=CCC2C(=O)N(C)C(=O)C21.CSC1CC(=O)C(C)C1=O.CSCCS(C)(=O)=O.CSSC.Cc1cn(C)nn1.Cn1nnc2c1CCCCCC2. The smallest absolute Gasteiger partial charge is 0.469 e. The monoisotopic (exact) mass is 1380 g/mol. The molecule has 1 aliphatic heterocycles. The van der Waals surface area contributed by atoms with E-state index in [9.17, 15) is 51.6 Å². The molecule has 0 aromatic carbocycles. The molecular formula is C58H109N11O16S5. The van der Waals surface area contributed by atoms with Crippen molar-refractivity contribution in [2.45, 2.75) is 144 Å². The number of aromatic nitrogens is 6. The Bertz CT molecular complexity index is 2440. The minimum atomic E-state index is -2.71. The highest BCUT2D eigenvalue weighted by Gasteiger charge is 2.55. The van der Waals surface area contributed by atoms with E-state index in [-0.39, 0.29) is 64.2 Å². The summed E-state index contributed by atoms with van der Waals surface area (Å²) in [7, 11) is 16.1. The summed E-state index contributed by atoms with van der Waals surface area (Å²) in [6.45, 7) is 16.1. The van der Waals surface area contributed by atoms with E-state index in [1.54, 1.807) is 73.1 Å². The van der Waals surface area contributed by atoms with Crippen LogP contribution >= 0.6 is 45.1 Å². The molecule has 0 bridgehead atoms. The van der Waals surface area contributed by atoms with Crippen molar-refractivity contribution in [1.82, 2.24) is 50.9 Å². The molecule has 3 heterocycles. The van der Waals surface area contributed by atoms with E-state index in [1.165, 1.54) is 122 Å². The van der Waals surface area contributed by atoms with Gasteiger partial charge in [0, 0.05) is 93.5 Å². The fraction of sp³-hybridized carbons (Fsp3) is 0.724. The number of unbranched alkanes of at least 4 members (excludes halogenated alkanes) is 1. The molecule has 2 aromatic rings. The molecule has 90 heavy (non-hydrogen) atoms. The normalized spacial score (nSPS) is 17.8. The Balaban J connectivity index is -0.000000219. The zero-order valence-corrected chi connectivity index (χ0v) is 62.0. The van der Waals surface area contributed by atoms with Crippen molar-refractivity contribution >= 4 is 115 Å². The van der Waals surface area contributed by atoms with Crippen LogP contribution in [0, 0.1) is 24.7 Å². The van der Waals surface area contributed by atoms with Crippen LogP contribution in [0.3, 0.4) is 0 Å². The summed E-state index contributed by atoms with van der Waals surface area (Å²) >= 11 is 3.03. The van der Waals surface area contributed by atoms with Gasteiger partial charge in [0.2, 0.25) is 23.6 Å². The number of aryl methyl sites for hydroxylation is 4. The first kappa shape index (κ1) is 95.5. The van der Waals surface area contributed by atoms with Crippen LogP contribution in [-0.4, -0.2) is 213 Å². The molecule has 1 saturated carbocycles. The summed E-state index contributed by atoms with van der Waals surface area (Å²) in [5, 5.41) is 23.7. The minimum Gasteiger partial charge on any atom is -0.469 e. The van der Waals surface area contributed by atoms with Gasteiger partial charge in [-0.15, -0.1) is 10.2 Å². The highest BCUT2D eigenvalue weighted by molar-refractivity contribution is 8.76. The second-order valence-corrected chi connectivity index (χ2v) is 25.8. The summed E-state index contributed by atoms with van der Waals surface area (Å²) in [5.41, 5.74) is 5.14. The van der Waals surface area contributed by atoms with E-state index in [0.717, 1.165) is 25.0 Å². The number of thioether (sulfide) groups is 2. The van der Waals surface area contributed by atoms with E-state index in [0.29, 0.717) is 30.8 Å². The molecule has 4 aliphatic rings. The van der Waals surface area contributed by atoms with Crippen LogP contribution < -0.4 is 16.1 Å².